The standard InChI is InChI=1S/C3H7PSi/c1-2-3-4-5/h3-4H,1H2,5H3. The molecule has 5 heavy (non-hydrogen) atoms. The predicted octanol–water partition coefficient (Wildman–Crippen LogP) is 0.244. The molecule has 0 amide bonds. The third kappa shape index (κ3) is 4.17. The van der Waals surface area contributed by atoms with E-state index in [0.717, 1.165) is 8.13 Å². The third-order valence-corrected chi connectivity index (χ3v) is 1.61. The molecule has 28 valence electrons. The summed E-state index contributed by atoms with van der Waals surface area (Å²) in [5, 5.41) is 0. The summed E-state index contributed by atoms with van der Waals surface area (Å²) in [6, 6.07) is 0. The van der Waals surface area contributed by atoms with Gasteiger partial charge >= 0.3 is 0 Å². The van der Waals surface area contributed by atoms with E-state index in [9.17, 15) is 0 Å². The summed E-state index contributed by atoms with van der Waals surface area (Å²) in [5.41, 5.74) is 2.69. The minimum atomic E-state index is 0.998. The molecule has 0 radical (unpaired) electrons. The fraction of sp³-hybridized carbons (Fsp3) is 0. The minimum Gasteiger partial charge on any atom is -0.129 e. The summed E-state index contributed by atoms with van der Waals surface area (Å²) in [6.45, 7) is 3.40. The van der Waals surface area contributed by atoms with Crippen LogP contribution in [0.4, 0.5) is 0 Å². The van der Waals surface area contributed by atoms with Gasteiger partial charge < -0.3 is 0 Å². The van der Waals surface area contributed by atoms with Gasteiger partial charge in [0.05, 0.1) is 0 Å². The lowest BCUT2D eigenvalue weighted by Gasteiger charge is -1.60. The second kappa shape index (κ2) is 4.17. The summed E-state index contributed by atoms with van der Waals surface area (Å²) < 4.78 is 0. The zero-order chi connectivity index (χ0) is 4.12. The first kappa shape index (κ1) is 5.17. The highest BCUT2D eigenvalue weighted by Crippen LogP contribution is 1.96. The van der Waals surface area contributed by atoms with Crippen molar-refractivity contribution >= 4 is 18.0 Å². The van der Waals surface area contributed by atoms with Gasteiger partial charge in [-0.25, -0.2) is 0 Å². The van der Waals surface area contributed by atoms with E-state index in [1.165, 1.54) is 9.91 Å². The summed E-state index contributed by atoms with van der Waals surface area (Å²) in [7, 11) is 2.27. The topological polar surface area (TPSA) is 0 Å². The Kier molecular flexibility index (Phi) is 4.31. The van der Waals surface area contributed by atoms with Crippen LogP contribution in [0.1, 0.15) is 0 Å². The average Bonchev–Trinajstić information content (AvgIpc) is 1.41. The van der Waals surface area contributed by atoms with Crippen LogP contribution in [0.25, 0.3) is 0 Å². The van der Waals surface area contributed by atoms with Crippen LogP contribution in [0.3, 0.4) is 0 Å². The van der Waals surface area contributed by atoms with Gasteiger partial charge in [-0.15, -0.1) is 13.9 Å². The predicted molar refractivity (Wildman–Crippen MR) is 32.0 cm³/mol. The van der Waals surface area contributed by atoms with E-state index in [0.29, 0.717) is 0 Å². The molecule has 0 nitrogen and oxygen atoms in total. The Hall–Kier alpha value is 0.167. The molecule has 0 fully saturated rings. The molecule has 0 aliphatic heterocycles. The van der Waals surface area contributed by atoms with Crippen LogP contribution in [-0.2, 0) is 0 Å². The fourth-order valence-corrected chi connectivity index (χ4v) is 0.919. The van der Waals surface area contributed by atoms with Gasteiger partial charge in [0.1, 0.15) is 0 Å². The van der Waals surface area contributed by atoms with E-state index in [1.54, 1.807) is 0 Å². The van der Waals surface area contributed by atoms with E-state index in [2.05, 4.69) is 12.3 Å². The third-order valence-electron chi connectivity index (χ3n) is 0.246. The molecular weight excluding hydrogens is 95.1 g/mol. The fourth-order valence-electron chi connectivity index (χ4n) is 0.102. The van der Waals surface area contributed by atoms with Gasteiger partial charge in [-0.1, -0.05) is 6.58 Å². The Morgan fingerprint density at radius 3 is 2.60 bits per heavy atom. The first-order chi connectivity index (χ1) is 2.41. The van der Waals surface area contributed by atoms with Gasteiger partial charge in [0, 0.05) is 9.91 Å². The van der Waals surface area contributed by atoms with Gasteiger partial charge in [0.25, 0.3) is 0 Å². The Balaban J connectivity index is 2.93. The molecule has 0 aromatic rings. The summed E-state index contributed by atoms with van der Waals surface area (Å²) in [5.74, 6) is 1.98. The van der Waals surface area contributed by atoms with Crippen LogP contribution in [0.2, 0.25) is 0 Å². The molecule has 2 heteroatoms. The quantitative estimate of drug-likeness (QED) is 0.253. The monoisotopic (exact) mass is 102 g/mol. The molecular formula is C3H7PSi. The molecule has 0 aliphatic carbocycles. The van der Waals surface area contributed by atoms with E-state index in [1.807, 2.05) is 5.82 Å². The molecule has 1 unspecified atom stereocenters. The van der Waals surface area contributed by atoms with E-state index in [-0.39, 0.29) is 0 Å². The molecule has 0 saturated carbocycles. The van der Waals surface area contributed by atoms with Crippen molar-refractivity contribution in [1.82, 2.24) is 0 Å². The molecule has 1 atom stereocenters. The molecule has 0 bridgehead atoms. The highest BCUT2D eigenvalue weighted by Gasteiger charge is 1.48. The summed E-state index contributed by atoms with van der Waals surface area (Å²) in [6.07, 6.45) is 0. The SMILES string of the molecule is C=C=CP[SiH3]. The number of hydrogen-bond acceptors (Lipinski definition) is 0. The maximum absolute atomic E-state index is 3.40. The van der Waals surface area contributed by atoms with Crippen LogP contribution < -0.4 is 0 Å². The van der Waals surface area contributed by atoms with Crippen LogP contribution >= 0.6 is 8.13 Å². The second-order valence-electron chi connectivity index (χ2n) is 0.637. The average molecular weight is 102 g/mol. The molecule has 0 heterocycles. The lowest BCUT2D eigenvalue weighted by atomic mass is 11.0. The van der Waals surface area contributed by atoms with Gasteiger partial charge in [-0.3, -0.25) is 0 Å². The van der Waals surface area contributed by atoms with Crippen molar-refractivity contribution in [2.45, 2.75) is 0 Å². The molecule has 0 aromatic heterocycles. The van der Waals surface area contributed by atoms with Crippen molar-refractivity contribution < 1.29 is 0 Å². The summed E-state index contributed by atoms with van der Waals surface area (Å²) >= 11 is 0. The minimum absolute atomic E-state index is 0.998. The number of rotatable bonds is 1. The molecule has 0 spiro atoms. The van der Waals surface area contributed by atoms with Gasteiger partial charge in [0.15, 0.2) is 0 Å². The highest BCUT2D eigenvalue weighted by atomic mass is 31.3. The highest BCUT2D eigenvalue weighted by molar-refractivity contribution is 7.69. The van der Waals surface area contributed by atoms with Crippen LogP contribution in [0.15, 0.2) is 18.1 Å². The second-order valence-corrected chi connectivity index (χ2v) is 3.24. The lowest BCUT2D eigenvalue weighted by Crippen LogP contribution is -1.28. The smallest absolute Gasteiger partial charge is 0.0346 e. The zero-order valence-electron chi connectivity index (χ0n) is 3.28. The Bertz CT molecular complexity index is 53.9. The van der Waals surface area contributed by atoms with Gasteiger partial charge in [-0.05, 0) is 5.82 Å². The van der Waals surface area contributed by atoms with E-state index in [4.69, 9.17) is 0 Å². The normalized spacial score (nSPS) is 8.80. The van der Waals surface area contributed by atoms with Crippen molar-refractivity contribution in [1.29, 1.82) is 0 Å². The van der Waals surface area contributed by atoms with Crippen LogP contribution in [0, 0.1) is 0 Å². The molecule has 0 aliphatic rings. The Morgan fingerprint density at radius 2 is 2.60 bits per heavy atom. The lowest BCUT2D eigenvalue weighted by molar-refractivity contribution is 2.44. The molecule has 0 N–H and O–H groups in total. The first-order valence-electron chi connectivity index (χ1n) is 1.43. The van der Waals surface area contributed by atoms with Crippen molar-refractivity contribution in [2.24, 2.45) is 0 Å². The van der Waals surface area contributed by atoms with E-state index >= 15 is 0 Å². The molecule has 0 aromatic carbocycles. The van der Waals surface area contributed by atoms with Crippen molar-refractivity contribution in [3.05, 3.63) is 18.1 Å². The van der Waals surface area contributed by atoms with Crippen LogP contribution in [-0.4, -0.2) is 9.91 Å². The van der Waals surface area contributed by atoms with Crippen molar-refractivity contribution in [3.8, 4) is 0 Å². The number of hydrogen-bond donors (Lipinski definition) is 0. The first-order valence-corrected chi connectivity index (χ1v) is 6.01. The molecule has 0 saturated heterocycles. The van der Waals surface area contributed by atoms with E-state index < -0.39 is 0 Å². The Morgan fingerprint density at radius 1 is 2.00 bits per heavy atom. The zero-order valence-corrected chi connectivity index (χ0v) is 6.28. The van der Waals surface area contributed by atoms with Gasteiger partial charge in [0.2, 0.25) is 0 Å². The Labute approximate surface area is 37.0 Å². The maximum Gasteiger partial charge on any atom is 0.0346 e. The largest absolute Gasteiger partial charge is 0.129 e. The van der Waals surface area contributed by atoms with Crippen molar-refractivity contribution in [3.63, 3.8) is 0 Å². The van der Waals surface area contributed by atoms with Crippen molar-refractivity contribution in [2.75, 3.05) is 0 Å². The van der Waals surface area contributed by atoms with Crippen LogP contribution in [0.5, 0.6) is 0 Å². The van der Waals surface area contributed by atoms with Gasteiger partial charge in [-0.2, -0.15) is 0 Å². The maximum atomic E-state index is 3.40. The summed E-state index contributed by atoms with van der Waals surface area (Å²) in [4.78, 5) is 0. The molecule has 0 rings (SSSR count).